The van der Waals surface area contributed by atoms with E-state index in [2.05, 4.69) is 0 Å². The number of phenolic OH excluding ortho intramolecular Hbond substituents is 1. The Balaban J connectivity index is 0.000000443. The van der Waals surface area contributed by atoms with Crippen molar-refractivity contribution in [1.29, 1.82) is 0 Å². The van der Waals surface area contributed by atoms with E-state index in [0.29, 0.717) is 0 Å². The Bertz CT molecular complexity index is 873. The number of benzene rings is 2. The molecule has 0 heterocycles. The van der Waals surface area contributed by atoms with E-state index in [1.165, 1.54) is 44.2 Å². The van der Waals surface area contributed by atoms with Crippen molar-refractivity contribution in [3.05, 3.63) is 47.5 Å². The van der Waals surface area contributed by atoms with Gasteiger partial charge < -0.3 is 14.8 Å². The summed E-state index contributed by atoms with van der Waals surface area (Å²) >= 11 is 0. The molecule has 0 amide bonds. The zero-order valence-electron chi connectivity index (χ0n) is 13.3. The number of rotatable bonds is 2. The van der Waals surface area contributed by atoms with E-state index in [1.54, 1.807) is 0 Å². The van der Waals surface area contributed by atoms with Gasteiger partial charge in [-0.25, -0.2) is 8.42 Å². The zero-order valence-corrected chi connectivity index (χ0v) is 17.2. The van der Waals surface area contributed by atoms with E-state index in [9.17, 15) is 26.5 Å². The van der Waals surface area contributed by atoms with Crippen LogP contribution in [0.5, 0.6) is 11.5 Å². The van der Waals surface area contributed by atoms with E-state index in [4.69, 9.17) is 9.66 Å². The summed E-state index contributed by atoms with van der Waals surface area (Å²) in [6, 6.07) is 7.52. The molecule has 0 unspecified atom stereocenters. The zero-order chi connectivity index (χ0) is 18.7. The number of hydrogen-bond acceptors (Lipinski definition) is 7. The summed E-state index contributed by atoms with van der Waals surface area (Å²) in [6.07, 6.45) is 0. The van der Waals surface area contributed by atoms with Gasteiger partial charge in [0.15, 0.2) is 0 Å². The van der Waals surface area contributed by atoms with Gasteiger partial charge in [-0.2, -0.15) is 8.42 Å². The quantitative estimate of drug-likeness (QED) is 0.533. The van der Waals surface area contributed by atoms with Gasteiger partial charge in [-0.3, -0.25) is 4.55 Å². The van der Waals surface area contributed by atoms with Gasteiger partial charge in [-0.1, -0.05) is 18.2 Å². The number of aromatic hydroxyl groups is 1. The maximum atomic E-state index is 10.9. The number of phenols is 1. The fourth-order valence-corrected chi connectivity index (χ4v) is 3.21. The molecule has 2 aromatic carbocycles. The van der Waals surface area contributed by atoms with E-state index >= 15 is 0 Å². The minimum absolute atomic E-state index is 0. The van der Waals surface area contributed by atoms with Crippen LogP contribution in [0.25, 0.3) is 0 Å². The molecule has 132 valence electrons. The minimum atomic E-state index is -4.51. The van der Waals surface area contributed by atoms with E-state index in [-0.39, 0.29) is 59.5 Å². The van der Waals surface area contributed by atoms with Crippen molar-refractivity contribution in [2.24, 2.45) is 0 Å². The largest absolute Gasteiger partial charge is 2.00 e. The fraction of sp³-hybridized carbons (Fsp3) is 0.143. The van der Waals surface area contributed by atoms with E-state index in [0.717, 1.165) is 6.07 Å². The standard InChI is InChI=1S/2C7H8O4S.Ca/c2*1-5-6(8)3-2-4-7(5)12(9,10)11;/h2*2-4,8H,1H3,(H,9,10,11);/q;;+2/p-2. The molecule has 0 spiro atoms. The van der Waals surface area contributed by atoms with Crippen molar-refractivity contribution in [2.75, 3.05) is 0 Å². The molecule has 25 heavy (non-hydrogen) atoms. The Morgan fingerprint density at radius 1 is 0.880 bits per heavy atom. The van der Waals surface area contributed by atoms with Crippen LogP contribution >= 0.6 is 0 Å². The molecular formula is C14H14CaO8S2. The van der Waals surface area contributed by atoms with Crippen LogP contribution in [0.2, 0.25) is 0 Å². The first-order valence-corrected chi connectivity index (χ1v) is 9.19. The fourth-order valence-electron chi connectivity index (χ4n) is 1.75. The second-order valence-corrected chi connectivity index (χ2v) is 7.45. The molecule has 0 fully saturated rings. The van der Waals surface area contributed by atoms with E-state index in [1.807, 2.05) is 0 Å². The van der Waals surface area contributed by atoms with Crippen LogP contribution in [0.4, 0.5) is 0 Å². The molecule has 2 rings (SSSR count). The Morgan fingerprint density at radius 3 is 1.76 bits per heavy atom. The summed E-state index contributed by atoms with van der Waals surface area (Å²) in [5, 5.41) is 20.0. The first-order valence-electron chi connectivity index (χ1n) is 6.34. The third kappa shape index (κ3) is 6.74. The topological polar surface area (TPSA) is 155 Å². The summed E-state index contributed by atoms with van der Waals surface area (Å²) in [6.45, 7) is 2.73. The van der Waals surface area contributed by atoms with Crippen LogP contribution in [0.15, 0.2) is 46.2 Å². The van der Waals surface area contributed by atoms with Crippen molar-refractivity contribution in [3.63, 3.8) is 0 Å². The summed E-state index contributed by atoms with van der Waals surface area (Å²) < 4.78 is 61.5. The molecule has 11 heteroatoms. The molecular weight excluding hydrogens is 400 g/mol. The molecule has 0 saturated heterocycles. The predicted octanol–water partition coefficient (Wildman–Crippen LogP) is 0.539. The van der Waals surface area contributed by atoms with Gasteiger partial charge in [0.1, 0.15) is 20.8 Å². The molecule has 0 aliphatic rings. The molecule has 2 aromatic rings. The molecule has 0 saturated carbocycles. The number of hydrogen-bond donors (Lipinski definition) is 2. The minimum Gasteiger partial charge on any atom is -0.872 e. The molecule has 0 aliphatic heterocycles. The second kappa shape index (κ2) is 9.17. The van der Waals surface area contributed by atoms with Crippen LogP contribution in [0.3, 0.4) is 0 Å². The van der Waals surface area contributed by atoms with Gasteiger partial charge in [0, 0.05) is 5.56 Å². The van der Waals surface area contributed by atoms with Gasteiger partial charge in [-0.15, -0.1) is 5.75 Å². The van der Waals surface area contributed by atoms with Gasteiger partial charge in [0.05, 0.1) is 4.90 Å². The maximum Gasteiger partial charge on any atom is 2.00 e. The molecule has 8 nitrogen and oxygen atoms in total. The maximum absolute atomic E-state index is 10.9. The van der Waals surface area contributed by atoms with Crippen LogP contribution < -0.4 is 5.11 Å². The average Bonchev–Trinajstić information content (AvgIpc) is 2.43. The van der Waals surface area contributed by atoms with Crippen molar-refractivity contribution in [3.8, 4) is 11.5 Å². The Labute approximate surface area is 175 Å². The van der Waals surface area contributed by atoms with Crippen molar-refractivity contribution in [2.45, 2.75) is 23.6 Å². The Hall–Kier alpha value is -0.880. The van der Waals surface area contributed by atoms with Crippen molar-refractivity contribution >= 4 is 58.0 Å². The third-order valence-electron chi connectivity index (χ3n) is 3.04. The van der Waals surface area contributed by atoms with Crippen LogP contribution in [-0.4, -0.2) is 68.8 Å². The molecule has 0 radical (unpaired) electrons. The van der Waals surface area contributed by atoms with Gasteiger partial charge in [0.2, 0.25) is 0 Å². The smallest absolute Gasteiger partial charge is 0.872 e. The van der Waals surface area contributed by atoms with Crippen molar-refractivity contribution in [1.82, 2.24) is 0 Å². The van der Waals surface area contributed by atoms with Gasteiger partial charge in [-0.05, 0) is 37.6 Å². The first kappa shape index (κ1) is 24.1. The molecule has 0 aromatic heterocycles. The molecule has 0 bridgehead atoms. The second-order valence-electron chi connectivity index (χ2n) is 4.71. The summed E-state index contributed by atoms with van der Waals surface area (Å²) in [5.74, 6) is -0.586. The monoisotopic (exact) mass is 414 g/mol. The normalized spacial score (nSPS) is 11.0. The Kier molecular flexibility index (Phi) is 8.85. The molecule has 0 atom stereocenters. The van der Waals surface area contributed by atoms with Crippen LogP contribution in [-0.2, 0) is 20.2 Å². The average molecular weight is 414 g/mol. The molecule has 2 N–H and O–H groups in total. The summed E-state index contributed by atoms with van der Waals surface area (Å²) in [5.41, 5.74) is 0.132. The van der Waals surface area contributed by atoms with Crippen LogP contribution in [0.1, 0.15) is 11.1 Å². The first-order chi connectivity index (χ1) is 10.9. The summed E-state index contributed by atoms with van der Waals surface area (Å²) in [7, 11) is -8.72. The molecule has 0 aliphatic carbocycles. The predicted molar refractivity (Wildman–Crippen MR) is 87.0 cm³/mol. The van der Waals surface area contributed by atoms with Crippen LogP contribution in [0, 0.1) is 13.8 Å². The van der Waals surface area contributed by atoms with Crippen molar-refractivity contribution < 1.29 is 36.2 Å². The Morgan fingerprint density at radius 2 is 1.36 bits per heavy atom. The van der Waals surface area contributed by atoms with Gasteiger partial charge >= 0.3 is 37.7 Å². The van der Waals surface area contributed by atoms with E-state index < -0.39 is 30.9 Å². The third-order valence-corrected chi connectivity index (χ3v) is 5.02. The summed E-state index contributed by atoms with van der Waals surface area (Å²) in [4.78, 5) is -0.697. The SMILES string of the molecule is Cc1c(O)cccc1S(=O)(=O)O.Cc1c([O-])cccc1S(=O)(=O)[O-].[Ca+2]. The van der Waals surface area contributed by atoms with Gasteiger partial charge in [0.25, 0.3) is 10.1 Å².